The number of benzene rings is 2. The molecular weight excluding hydrogens is 537 g/mol. The molecule has 0 aliphatic carbocycles. The van der Waals surface area contributed by atoms with Gasteiger partial charge in [0, 0.05) is 23.3 Å². The topological polar surface area (TPSA) is 160 Å². The van der Waals surface area contributed by atoms with Crippen molar-refractivity contribution in [3.63, 3.8) is 0 Å². The fourth-order valence-electron chi connectivity index (χ4n) is 3.17. The number of nitrogens with one attached hydrogen (secondary N) is 1. The summed E-state index contributed by atoms with van der Waals surface area (Å²) in [6.07, 6.45) is -2.34. The molecule has 0 saturated heterocycles. The molecule has 0 fully saturated rings. The number of ether oxygens (including phenoxy) is 1. The maximum atomic E-state index is 13.4. The number of aliphatic carboxylic acids is 1. The first-order valence-corrected chi connectivity index (χ1v) is 12.2. The Morgan fingerprint density at radius 3 is 2.59 bits per heavy atom. The van der Waals surface area contributed by atoms with Crippen molar-refractivity contribution < 1.29 is 36.2 Å². The summed E-state index contributed by atoms with van der Waals surface area (Å²) in [7, 11) is -4.13. The quantitative estimate of drug-likeness (QED) is 0.331. The fraction of sp³-hybridized carbons (Fsp3) is 0.0952. The van der Waals surface area contributed by atoms with Crippen LogP contribution in [0.25, 0.3) is 11.3 Å². The average molecular weight is 551 g/mol. The van der Waals surface area contributed by atoms with Crippen LogP contribution in [-0.2, 0) is 27.5 Å². The summed E-state index contributed by atoms with van der Waals surface area (Å²) in [5.74, 6) is -1.58. The van der Waals surface area contributed by atoms with Gasteiger partial charge in [0.2, 0.25) is 5.13 Å². The number of hydrogen-bond acceptors (Lipinski definition) is 9. The van der Waals surface area contributed by atoms with Gasteiger partial charge < -0.3 is 9.84 Å². The predicted octanol–water partition coefficient (Wildman–Crippen LogP) is 3.97. The van der Waals surface area contributed by atoms with Gasteiger partial charge in [-0.2, -0.15) is 27.9 Å². The van der Waals surface area contributed by atoms with Gasteiger partial charge in [-0.15, -0.1) is 0 Å². The molecule has 0 radical (unpaired) electrons. The number of carbonyl (C=O) groups is 1. The predicted molar refractivity (Wildman–Crippen MR) is 122 cm³/mol. The van der Waals surface area contributed by atoms with Gasteiger partial charge in [-0.25, -0.2) is 13.4 Å². The molecule has 0 saturated carbocycles. The van der Waals surface area contributed by atoms with Crippen molar-refractivity contribution >= 4 is 32.7 Å². The van der Waals surface area contributed by atoms with Crippen LogP contribution in [0.1, 0.15) is 11.1 Å². The lowest BCUT2D eigenvalue weighted by atomic mass is 10.1. The van der Waals surface area contributed by atoms with Gasteiger partial charge in [-0.1, -0.05) is 0 Å². The Morgan fingerprint density at radius 1 is 1.19 bits per heavy atom. The molecule has 190 valence electrons. The third-order valence-corrected chi connectivity index (χ3v) is 6.82. The maximum Gasteiger partial charge on any atom is 0.416 e. The van der Waals surface area contributed by atoms with E-state index in [1.54, 1.807) is 6.07 Å². The van der Waals surface area contributed by atoms with Crippen molar-refractivity contribution in [3.05, 3.63) is 66.1 Å². The number of aromatic nitrogens is 4. The Kier molecular flexibility index (Phi) is 6.83. The monoisotopic (exact) mass is 550 g/mol. The average Bonchev–Trinajstić information content (AvgIpc) is 3.50. The third-order valence-electron chi connectivity index (χ3n) is 4.77. The summed E-state index contributed by atoms with van der Waals surface area (Å²) < 4.78 is 78.1. The Hall–Kier alpha value is -4.49. The zero-order chi connectivity index (χ0) is 26.8. The molecule has 11 nitrogen and oxygen atoms in total. The number of hydrogen-bond donors (Lipinski definition) is 2. The summed E-state index contributed by atoms with van der Waals surface area (Å²) >= 11 is 0.802. The van der Waals surface area contributed by atoms with Crippen LogP contribution in [0.2, 0.25) is 0 Å². The van der Waals surface area contributed by atoms with Gasteiger partial charge in [0.1, 0.15) is 30.4 Å². The summed E-state index contributed by atoms with van der Waals surface area (Å²) in [5.41, 5.74) is -1.39. The van der Waals surface area contributed by atoms with Crippen LogP contribution in [0.5, 0.6) is 11.5 Å². The number of sulfonamides is 1. The highest BCUT2D eigenvalue weighted by Crippen LogP contribution is 2.40. The SMILES string of the molecule is N#Cc1cc(S(=O)(=O)Nc2ncns2)ccc1Oc1ccc(C(F)(F)F)cc1-c1ccnn1CC(=O)O. The molecule has 0 aliphatic rings. The molecular formula is C21H13F3N6O5S2. The Morgan fingerprint density at radius 2 is 1.95 bits per heavy atom. The summed E-state index contributed by atoms with van der Waals surface area (Å²) in [6, 6.07) is 8.98. The second-order valence-corrected chi connectivity index (χ2v) is 9.66. The minimum atomic E-state index is -4.71. The number of rotatable bonds is 8. The standard InChI is InChI=1S/C21H13F3N6O5S2/c22-21(23,24)13-1-3-18(15(8-13)16-5-6-27-30(16)10-19(31)32)35-17-4-2-14(7-12(17)9-25)37(33,34)29-20-26-11-28-36-20/h1-8,11H,10H2,(H,31,32)(H,26,28,29). The van der Waals surface area contributed by atoms with Crippen LogP contribution < -0.4 is 9.46 Å². The lowest BCUT2D eigenvalue weighted by Crippen LogP contribution is -2.13. The number of nitrogens with zero attached hydrogens (tertiary/aromatic N) is 5. The lowest BCUT2D eigenvalue weighted by molar-refractivity contribution is -0.138. The van der Waals surface area contributed by atoms with E-state index in [2.05, 4.69) is 19.2 Å². The molecule has 0 aliphatic heterocycles. The van der Waals surface area contributed by atoms with E-state index in [4.69, 9.17) is 9.84 Å². The highest BCUT2D eigenvalue weighted by Gasteiger charge is 2.32. The zero-order valence-electron chi connectivity index (χ0n) is 18.2. The van der Waals surface area contributed by atoms with E-state index >= 15 is 0 Å². The number of carboxylic acids is 1. The van der Waals surface area contributed by atoms with Crippen LogP contribution >= 0.6 is 11.5 Å². The van der Waals surface area contributed by atoms with Gasteiger partial charge in [-0.05, 0) is 42.5 Å². The van der Waals surface area contributed by atoms with E-state index in [1.165, 1.54) is 18.3 Å². The molecule has 4 rings (SSSR count). The molecule has 37 heavy (non-hydrogen) atoms. The number of anilines is 1. The maximum absolute atomic E-state index is 13.4. The van der Waals surface area contributed by atoms with E-state index in [-0.39, 0.29) is 38.3 Å². The highest BCUT2D eigenvalue weighted by molar-refractivity contribution is 7.93. The van der Waals surface area contributed by atoms with Crippen LogP contribution in [0.15, 0.2) is 59.9 Å². The fourth-order valence-corrected chi connectivity index (χ4v) is 4.86. The van der Waals surface area contributed by atoms with Crippen LogP contribution in [0, 0.1) is 11.3 Å². The summed E-state index contributed by atoms with van der Waals surface area (Å²) in [4.78, 5) is 14.6. The molecule has 0 unspecified atom stereocenters. The molecule has 0 bridgehead atoms. The molecule has 2 aromatic heterocycles. The van der Waals surface area contributed by atoms with Gasteiger partial charge in [0.15, 0.2) is 0 Å². The minimum Gasteiger partial charge on any atom is -0.480 e. The first-order chi connectivity index (χ1) is 17.5. The normalized spacial score (nSPS) is 11.6. The van der Waals surface area contributed by atoms with Gasteiger partial charge >= 0.3 is 12.1 Å². The van der Waals surface area contributed by atoms with Crippen LogP contribution in [0.4, 0.5) is 18.3 Å². The largest absolute Gasteiger partial charge is 0.480 e. The highest BCUT2D eigenvalue weighted by atomic mass is 32.2. The first-order valence-electron chi connectivity index (χ1n) is 9.94. The van der Waals surface area contributed by atoms with E-state index < -0.39 is 34.3 Å². The smallest absolute Gasteiger partial charge is 0.416 e. The lowest BCUT2D eigenvalue weighted by Gasteiger charge is -2.16. The third kappa shape index (κ3) is 5.68. The van der Waals surface area contributed by atoms with Crippen molar-refractivity contribution in [2.45, 2.75) is 17.6 Å². The van der Waals surface area contributed by atoms with Gasteiger partial charge in [0.05, 0.1) is 21.7 Å². The molecule has 2 heterocycles. The Balaban J connectivity index is 1.75. The van der Waals surface area contributed by atoms with E-state index in [0.717, 1.165) is 52.9 Å². The number of alkyl halides is 3. The van der Waals surface area contributed by atoms with E-state index in [1.807, 2.05) is 0 Å². The van der Waals surface area contributed by atoms with Crippen LogP contribution in [0.3, 0.4) is 0 Å². The second kappa shape index (κ2) is 9.87. The van der Waals surface area contributed by atoms with E-state index in [9.17, 15) is 31.6 Å². The second-order valence-electron chi connectivity index (χ2n) is 7.20. The number of carboxylic acid groups (broad SMARTS) is 1. The molecule has 0 atom stereocenters. The molecule has 0 amide bonds. The van der Waals surface area contributed by atoms with Gasteiger partial charge in [-0.3, -0.25) is 14.2 Å². The van der Waals surface area contributed by atoms with Crippen molar-refractivity contribution in [1.82, 2.24) is 19.1 Å². The molecule has 4 aromatic rings. The summed E-state index contributed by atoms with van der Waals surface area (Å²) in [6.45, 7) is -0.629. The minimum absolute atomic E-state index is 0.00574. The molecule has 0 spiro atoms. The van der Waals surface area contributed by atoms with Crippen molar-refractivity contribution in [1.29, 1.82) is 5.26 Å². The van der Waals surface area contributed by atoms with Crippen molar-refractivity contribution in [2.75, 3.05) is 4.72 Å². The Labute approximate surface area is 210 Å². The number of nitriles is 1. The number of halogens is 3. The van der Waals surface area contributed by atoms with E-state index in [0.29, 0.717) is 0 Å². The molecule has 2 N–H and O–H groups in total. The summed E-state index contributed by atoms with van der Waals surface area (Å²) in [5, 5.41) is 22.6. The molecule has 2 aromatic carbocycles. The van der Waals surface area contributed by atoms with Crippen LogP contribution in [-0.4, -0.2) is 38.6 Å². The van der Waals surface area contributed by atoms with Gasteiger partial charge in [0.25, 0.3) is 10.0 Å². The van der Waals surface area contributed by atoms with Crippen molar-refractivity contribution in [2.24, 2.45) is 0 Å². The molecule has 16 heteroatoms. The van der Waals surface area contributed by atoms with Crippen molar-refractivity contribution in [3.8, 4) is 28.8 Å². The first kappa shape index (κ1) is 25.6. The Bertz CT molecular complexity index is 1610. The zero-order valence-corrected chi connectivity index (χ0v) is 19.8.